The molecule has 6 heteroatoms. The number of ether oxygens (including phenoxy) is 2. The molecular formula is C15H18N2O3S. The third-order valence-electron chi connectivity index (χ3n) is 3.15. The van der Waals surface area contributed by atoms with Crippen molar-refractivity contribution in [2.45, 2.75) is 20.0 Å². The predicted molar refractivity (Wildman–Crippen MR) is 82.4 cm³/mol. The van der Waals surface area contributed by atoms with E-state index < -0.39 is 5.97 Å². The van der Waals surface area contributed by atoms with Crippen LogP contribution in [-0.2, 0) is 22.5 Å². The van der Waals surface area contributed by atoms with E-state index in [4.69, 9.17) is 15.2 Å². The minimum absolute atomic E-state index is 0.327. The Balaban J connectivity index is 1.96. The topological polar surface area (TPSA) is 74.4 Å². The molecule has 0 spiro atoms. The van der Waals surface area contributed by atoms with Gasteiger partial charge in [0.05, 0.1) is 37.1 Å². The summed E-state index contributed by atoms with van der Waals surface area (Å²) in [5.74, 6) is -0.440. The van der Waals surface area contributed by atoms with Crippen molar-refractivity contribution in [1.29, 1.82) is 0 Å². The fourth-order valence-electron chi connectivity index (χ4n) is 2.00. The molecule has 5 nitrogen and oxygen atoms in total. The van der Waals surface area contributed by atoms with Gasteiger partial charge in [0.15, 0.2) is 0 Å². The van der Waals surface area contributed by atoms with Gasteiger partial charge in [-0.25, -0.2) is 9.78 Å². The van der Waals surface area contributed by atoms with E-state index in [0.29, 0.717) is 24.5 Å². The molecule has 2 rings (SSSR count). The van der Waals surface area contributed by atoms with Crippen LogP contribution in [0.15, 0.2) is 23.7 Å². The van der Waals surface area contributed by atoms with Gasteiger partial charge in [0.2, 0.25) is 0 Å². The van der Waals surface area contributed by atoms with Crippen LogP contribution in [-0.4, -0.2) is 24.7 Å². The molecule has 0 saturated heterocycles. The summed E-state index contributed by atoms with van der Waals surface area (Å²) in [5, 5.41) is 0. The monoisotopic (exact) mass is 306 g/mol. The standard InChI is InChI=1S/C15H18N2O3S/c1-10-13(21-9-17-10)6-7-20-8-11-4-3-5-12(16)14(11)15(18)19-2/h3-5,9H,6-8,16H2,1-2H3. The second kappa shape index (κ2) is 7.19. The third-order valence-corrected chi connectivity index (χ3v) is 4.14. The second-order valence-electron chi connectivity index (χ2n) is 4.54. The maximum Gasteiger partial charge on any atom is 0.340 e. The highest BCUT2D eigenvalue weighted by Crippen LogP contribution is 2.19. The van der Waals surface area contributed by atoms with Crippen LogP contribution >= 0.6 is 11.3 Å². The number of nitrogens with zero attached hydrogens (tertiary/aromatic N) is 1. The van der Waals surface area contributed by atoms with Gasteiger partial charge >= 0.3 is 5.97 Å². The van der Waals surface area contributed by atoms with Crippen LogP contribution in [0.3, 0.4) is 0 Å². The molecule has 0 aliphatic rings. The lowest BCUT2D eigenvalue weighted by atomic mass is 10.1. The lowest BCUT2D eigenvalue weighted by Crippen LogP contribution is -2.11. The summed E-state index contributed by atoms with van der Waals surface area (Å²) in [6.07, 6.45) is 0.812. The largest absolute Gasteiger partial charge is 0.465 e. The van der Waals surface area contributed by atoms with E-state index >= 15 is 0 Å². The molecule has 112 valence electrons. The van der Waals surface area contributed by atoms with Crippen LogP contribution < -0.4 is 5.73 Å². The van der Waals surface area contributed by atoms with Crippen LogP contribution in [0.4, 0.5) is 5.69 Å². The lowest BCUT2D eigenvalue weighted by Gasteiger charge is -2.11. The summed E-state index contributed by atoms with van der Waals surface area (Å²) in [5.41, 5.74) is 10.2. The Bertz CT molecular complexity index is 625. The molecule has 1 heterocycles. The Morgan fingerprint density at radius 2 is 2.24 bits per heavy atom. The molecule has 0 saturated carbocycles. The lowest BCUT2D eigenvalue weighted by molar-refractivity contribution is 0.0594. The Kier molecular flexibility index (Phi) is 5.30. The van der Waals surface area contributed by atoms with E-state index in [1.54, 1.807) is 23.5 Å². The van der Waals surface area contributed by atoms with Crippen molar-refractivity contribution in [3.63, 3.8) is 0 Å². The first-order valence-electron chi connectivity index (χ1n) is 6.56. The van der Waals surface area contributed by atoms with E-state index in [1.165, 1.54) is 12.0 Å². The number of esters is 1. The molecule has 21 heavy (non-hydrogen) atoms. The first kappa shape index (κ1) is 15.5. The number of aryl methyl sites for hydroxylation is 1. The minimum atomic E-state index is -0.440. The maximum atomic E-state index is 11.8. The SMILES string of the molecule is COC(=O)c1c(N)cccc1COCCc1scnc1C. The Labute approximate surface area is 127 Å². The smallest absolute Gasteiger partial charge is 0.340 e. The number of hydrogen-bond donors (Lipinski definition) is 1. The zero-order valence-electron chi connectivity index (χ0n) is 12.1. The molecule has 2 N–H and O–H groups in total. The fourth-order valence-corrected chi connectivity index (χ4v) is 2.77. The number of rotatable bonds is 6. The van der Waals surface area contributed by atoms with Crippen molar-refractivity contribution in [2.24, 2.45) is 0 Å². The average Bonchev–Trinajstić information content (AvgIpc) is 2.88. The van der Waals surface area contributed by atoms with Gasteiger partial charge < -0.3 is 15.2 Å². The maximum absolute atomic E-state index is 11.8. The van der Waals surface area contributed by atoms with E-state index in [2.05, 4.69) is 4.98 Å². The molecule has 0 aliphatic carbocycles. The first-order chi connectivity index (χ1) is 10.1. The van der Waals surface area contributed by atoms with Crippen molar-refractivity contribution < 1.29 is 14.3 Å². The average molecular weight is 306 g/mol. The highest BCUT2D eigenvalue weighted by Gasteiger charge is 2.15. The number of aromatic nitrogens is 1. The van der Waals surface area contributed by atoms with Gasteiger partial charge in [-0.3, -0.25) is 0 Å². The second-order valence-corrected chi connectivity index (χ2v) is 5.48. The van der Waals surface area contributed by atoms with E-state index in [-0.39, 0.29) is 0 Å². The number of nitrogen functional groups attached to an aromatic ring is 1. The highest BCUT2D eigenvalue weighted by molar-refractivity contribution is 7.09. The van der Waals surface area contributed by atoms with Crippen molar-refractivity contribution in [1.82, 2.24) is 4.98 Å². The van der Waals surface area contributed by atoms with Crippen LogP contribution in [0, 0.1) is 6.92 Å². The summed E-state index contributed by atoms with van der Waals surface area (Å²) in [4.78, 5) is 17.2. The normalized spacial score (nSPS) is 10.6. The molecule has 0 atom stereocenters. The number of anilines is 1. The van der Waals surface area contributed by atoms with Gasteiger partial charge in [0.1, 0.15) is 0 Å². The minimum Gasteiger partial charge on any atom is -0.465 e. The third kappa shape index (κ3) is 3.80. The molecule has 1 aromatic heterocycles. The van der Waals surface area contributed by atoms with Gasteiger partial charge in [-0.15, -0.1) is 11.3 Å². The van der Waals surface area contributed by atoms with Crippen molar-refractivity contribution >= 4 is 23.0 Å². The Hall–Kier alpha value is -1.92. The zero-order valence-corrected chi connectivity index (χ0v) is 12.9. The van der Waals surface area contributed by atoms with Gasteiger partial charge in [-0.05, 0) is 18.6 Å². The molecule has 0 bridgehead atoms. The van der Waals surface area contributed by atoms with E-state index in [9.17, 15) is 4.79 Å². The first-order valence-corrected chi connectivity index (χ1v) is 7.43. The Morgan fingerprint density at radius 1 is 1.43 bits per heavy atom. The molecular weight excluding hydrogens is 288 g/mol. The summed E-state index contributed by atoms with van der Waals surface area (Å²) >= 11 is 1.62. The van der Waals surface area contributed by atoms with Crippen molar-refractivity contribution in [3.8, 4) is 0 Å². The molecule has 0 aliphatic heterocycles. The summed E-state index contributed by atoms with van der Waals surface area (Å²) in [6, 6.07) is 5.30. The zero-order chi connectivity index (χ0) is 15.2. The summed E-state index contributed by atoms with van der Waals surface area (Å²) in [7, 11) is 1.34. The fraction of sp³-hybridized carbons (Fsp3) is 0.333. The molecule has 0 fully saturated rings. The van der Waals surface area contributed by atoms with Crippen LogP contribution in [0.2, 0.25) is 0 Å². The number of thiazole rings is 1. The van der Waals surface area contributed by atoms with E-state index in [0.717, 1.165) is 17.7 Å². The van der Waals surface area contributed by atoms with Crippen LogP contribution in [0.25, 0.3) is 0 Å². The van der Waals surface area contributed by atoms with Crippen molar-refractivity contribution in [3.05, 3.63) is 45.4 Å². The number of benzene rings is 1. The molecule has 1 aromatic carbocycles. The van der Waals surface area contributed by atoms with Gasteiger partial charge in [0.25, 0.3) is 0 Å². The molecule has 2 aromatic rings. The van der Waals surface area contributed by atoms with Gasteiger partial charge in [-0.2, -0.15) is 0 Å². The van der Waals surface area contributed by atoms with Gasteiger partial charge in [0, 0.05) is 17.0 Å². The number of carbonyl (C=O) groups is 1. The summed E-state index contributed by atoms with van der Waals surface area (Å²) in [6.45, 7) is 2.88. The molecule has 0 amide bonds. The number of nitrogens with two attached hydrogens (primary N) is 1. The van der Waals surface area contributed by atoms with Crippen LogP contribution in [0.5, 0.6) is 0 Å². The van der Waals surface area contributed by atoms with Gasteiger partial charge in [-0.1, -0.05) is 12.1 Å². The van der Waals surface area contributed by atoms with Crippen molar-refractivity contribution in [2.75, 3.05) is 19.5 Å². The number of hydrogen-bond acceptors (Lipinski definition) is 6. The Morgan fingerprint density at radius 3 is 2.90 bits per heavy atom. The number of carbonyl (C=O) groups excluding carboxylic acids is 1. The predicted octanol–water partition coefficient (Wildman–Crippen LogP) is 2.58. The highest BCUT2D eigenvalue weighted by atomic mass is 32.1. The summed E-state index contributed by atoms with van der Waals surface area (Å²) < 4.78 is 10.4. The quantitative estimate of drug-likeness (QED) is 0.504. The molecule has 0 radical (unpaired) electrons. The molecule has 0 unspecified atom stereocenters. The van der Waals surface area contributed by atoms with E-state index in [1.807, 2.05) is 18.5 Å². The van der Waals surface area contributed by atoms with Crippen LogP contribution in [0.1, 0.15) is 26.5 Å². The number of methoxy groups -OCH3 is 1.